The molecule has 188 valence electrons. The van der Waals surface area contributed by atoms with Gasteiger partial charge in [-0.25, -0.2) is 26.8 Å². The lowest BCUT2D eigenvalue weighted by Gasteiger charge is -2.17. The van der Waals surface area contributed by atoms with Crippen LogP contribution in [0.5, 0.6) is 0 Å². The summed E-state index contributed by atoms with van der Waals surface area (Å²) in [5, 5.41) is 11.7. The Morgan fingerprint density at radius 2 is 1.72 bits per heavy atom. The van der Waals surface area contributed by atoms with Crippen LogP contribution in [0.2, 0.25) is 0 Å². The lowest BCUT2D eigenvalue weighted by molar-refractivity contribution is 0.102. The molecule has 0 spiro atoms. The summed E-state index contributed by atoms with van der Waals surface area (Å²) >= 11 is 0. The molecule has 0 radical (unpaired) electrons. The van der Waals surface area contributed by atoms with Gasteiger partial charge in [0.25, 0.3) is 5.91 Å². The molecule has 0 saturated heterocycles. The van der Waals surface area contributed by atoms with Crippen molar-refractivity contribution in [3.63, 3.8) is 0 Å². The highest BCUT2D eigenvalue weighted by Crippen LogP contribution is 2.20. The van der Waals surface area contributed by atoms with E-state index in [2.05, 4.69) is 20.0 Å². The lowest BCUT2D eigenvalue weighted by atomic mass is 10.1. The highest BCUT2D eigenvalue weighted by atomic mass is 32.2. The van der Waals surface area contributed by atoms with Crippen molar-refractivity contribution in [2.45, 2.75) is 11.8 Å². The number of anilines is 3. The van der Waals surface area contributed by atoms with Gasteiger partial charge < -0.3 is 10.2 Å². The van der Waals surface area contributed by atoms with Crippen molar-refractivity contribution in [2.75, 3.05) is 40.5 Å². The first kappa shape index (κ1) is 26.6. The number of carbonyl (C=O) groups is 1. The van der Waals surface area contributed by atoms with Crippen molar-refractivity contribution >= 4 is 43.1 Å². The van der Waals surface area contributed by atoms with Crippen LogP contribution in [-0.2, 0) is 19.9 Å². The van der Waals surface area contributed by atoms with Crippen LogP contribution in [0.3, 0.4) is 0 Å². The predicted octanol–water partition coefficient (Wildman–Crippen LogP) is 2.19. The molecule has 36 heavy (non-hydrogen) atoms. The zero-order valence-electron chi connectivity index (χ0n) is 19.8. The van der Waals surface area contributed by atoms with Gasteiger partial charge in [-0.1, -0.05) is 12.1 Å². The summed E-state index contributed by atoms with van der Waals surface area (Å²) in [7, 11) is -5.61. The summed E-state index contributed by atoms with van der Waals surface area (Å²) in [6.45, 7) is 1.82. The molecular formula is C23H24N6O5S2. The summed E-state index contributed by atoms with van der Waals surface area (Å²) in [5.41, 5.74) is 1.36. The molecule has 0 bridgehead atoms. The van der Waals surface area contributed by atoms with E-state index in [1.807, 2.05) is 6.07 Å². The molecule has 2 N–H and O–H groups in total. The maximum absolute atomic E-state index is 12.8. The van der Waals surface area contributed by atoms with E-state index in [0.29, 0.717) is 11.4 Å². The molecule has 2 aromatic carbocycles. The van der Waals surface area contributed by atoms with Gasteiger partial charge in [-0.15, -0.1) is 0 Å². The molecule has 1 amide bonds. The summed E-state index contributed by atoms with van der Waals surface area (Å²) in [6.07, 6.45) is 0.982. The number of hydrogen-bond acceptors (Lipinski definition) is 9. The molecule has 13 heteroatoms. The molecule has 0 saturated carbocycles. The van der Waals surface area contributed by atoms with Crippen molar-refractivity contribution in [1.82, 2.24) is 9.97 Å². The average Bonchev–Trinajstić information content (AvgIpc) is 2.81. The standard InChI is InChI=1S/C23H24N6O5S2/c1-16-14-18(15-24)27-23(25-16)29(2)12-13-36(33,34)19-10-8-17(9-11-19)26-22(30)20-6-4-5-7-21(20)28-35(3,31)32/h4-11,14,28H,12-13H2,1-3H3,(H,26,30). The Balaban J connectivity index is 1.68. The van der Waals surface area contributed by atoms with Gasteiger partial charge in [0, 0.05) is 25.0 Å². The third-order valence-corrected chi connectivity index (χ3v) is 7.23. The third-order valence-electron chi connectivity index (χ3n) is 4.93. The maximum atomic E-state index is 12.8. The largest absolute Gasteiger partial charge is 0.343 e. The number of nitriles is 1. The molecular weight excluding hydrogens is 504 g/mol. The molecule has 0 aliphatic heterocycles. The minimum Gasteiger partial charge on any atom is -0.343 e. The monoisotopic (exact) mass is 528 g/mol. The quantitative estimate of drug-likeness (QED) is 0.424. The van der Waals surface area contributed by atoms with Crippen LogP contribution in [0.1, 0.15) is 21.7 Å². The fourth-order valence-corrected chi connectivity index (χ4v) is 5.05. The minimum absolute atomic E-state index is 0.0657. The number of carbonyl (C=O) groups excluding carboxylic acids is 1. The number of hydrogen-bond donors (Lipinski definition) is 2. The number of benzene rings is 2. The fourth-order valence-electron chi connectivity index (χ4n) is 3.17. The number of sulfone groups is 1. The Morgan fingerprint density at radius 1 is 1.06 bits per heavy atom. The number of rotatable bonds is 9. The Labute approximate surface area is 209 Å². The van der Waals surface area contributed by atoms with Gasteiger partial charge in [0.05, 0.1) is 28.2 Å². The highest BCUT2D eigenvalue weighted by Gasteiger charge is 2.18. The van der Waals surface area contributed by atoms with Gasteiger partial charge >= 0.3 is 0 Å². The van der Waals surface area contributed by atoms with Gasteiger partial charge in [0.1, 0.15) is 11.8 Å². The zero-order chi connectivity index (χ0) is 26.5. The van der Waals surface area contributed by atoms with Crippen molar-refractivity contribution < 1.29 is 21.6 Å². The fraction of sp³-hybridized carbons (Fsp3) is 0.217. The van der Waals surface area contributed by atoms with E-state index in [0.717, 1.165) is 6.26 Å². The number of sulfonamides is 1. The second-order valence-electron chi connectivity index (χ2n) is 7.95. The van der Waals surface area contributed by atoms with Crippen LogP contribution in [0.4, 0.5) is 17.3 Å². The molecule has 0 unspecified atom stereocenters. The topological polar surface area (TPSA) is 162 Å². The normalized spacial score (nSPS) is 11.4. The predicted molar refractivity (Wildman–Crippen MR) is 136 cm³/mol. The van der Waals surface area contributed by atoms with Crippen LogP contribution < -0.4 is 14.9 Å². The Kier molecular flexibility index (Phi) is 7.91. The second-order valence-corrected chi connectivity index (χ2v) is 11.8. The van der Waals surface area contributed by atoms with Crippen molar-refractivity contribution in [1.29, 1.82) is 5.26 Å². The Bertz CT molecular complexity index is 1530. The second kappa shape index (κ2) is 10.7. The lowest BCUT2D eigenvalue weighted by Crippen LogP contribution is -2.27. The maximum Gasteiger partial charge on any atom is 0.257 e. The van der Waals surface area contributed by atoms with E-state index in [1.165, 1.54) is 42.5 Å². The van der Waals surface area contributed by atoms with E-state index in [9.17, 15) is 21.6 Å². The molecule has 11 nitrogen and oxygen atoms in total. The van der Waals surface area contributed by atoms with E-state index < -0.39 is 25.8 Å². The molecule has 0 aliphatic rings. The molecule has 1 heterocycles. The first-order valence-electron chi connectivity index (χ1n) is 10.6. The van der Waals surface area contributed by atoms with E-state index in [4.69, 9.17) is 5.26 Å². The van der Waals surface area contributed by atoms with E-state index >= 15 is 0 Å². The van der Waals surface area contributed by atoms with Gasteiger partial charge in [-0.3, -0.25) is 9.52 Å². The first-order valence-corrected chi connectivity index (χ1v) is 14.1. The van der Waals surface area contributed by atoms with Gasteiger partial charge in [-0.2, -0.15) is 5.26 Å². The van der Waals surface area contributed by atoms with Gasteiger partial charge in [-0.05, 0) is 49.4 Å². The smallest absolute Gasteiger partial charge is 0.257 e. The number of nitrogens with one attached hydrogen (secondary N) is 2. The zero-order valence-corrected chi connectivity index (χ0v) is 21.4. The molecule has 3 rings (SSSR count). The number of para-hydroxylation sites is 1. The summed E-state index contributed by atoms with van der Waals surface area (Å²) in [6, 6.07) is 15.3. The van der Waals surface area contributed by atoms with Gasteiger partial charge in [0.15, 0.2) is 9.84 Å². The molecule has 3 aromatic rings. The highest BCUT2D eigenvalue weighted by molar-refractivity contribution is 7.92. The van der Waals surface area contributed by atoms with Crippen molar-refractivity contribution in [2.24, 2.45) is 0 Å². The van der Waals surface area contributed by atoms with Gasteiger partial charge in [0.2, 0.25) is 16.0 Å². The van der Waals surface area contributed by atoms with E-state index in [1.54, 1.807) is 31.0 Å². The summed E-state index contributed by atoms with van der Waals surface area (Å²) in [4.78, 5) is 22.6. The summed E-state index contributed by atoms with van der Waals surface area (Å²) < 4.78 is 51.1. The van der Waals surface area contributed by atoms with Crippen LogP contribution in [0.15, 0.2) is 59.5 Å². The molecule has 0 atom stereocenters. The Morgan fingerprint density at radius 3 is 2.36 bits per heavy atom. The Hall–Kier alpha value is -4.02. The van der Waals surface area contributed by atoms with Crippen LogP contribution in [0, 0.1) is 18.3 Å². The number of nitrogens with zero attached hydrogens (tertiary/aromatic N) is 4. The number of aromatic nitrogens is 2. The molecule has 0 fully saturated rings. The molecule has 1 aromatic heterocycles. The van der Waals surface area contributed by atoms with E-state index in [-0.39, 0.29) is 40.1 Å². The molecule has 0 aliphatic carbocycles. The van der Waals surface area contributed by atoms with Crippen LogP contribution >= 0.6 is 0 Å². The van der Waals surface area contributed by atoms with Crippen molar-refractivity contribution in [3.8, 4) is 6.07 Å². The number of aryl methyl sites for hydroxylation is 1. The average molecular weight is 529 g/mol. The third kappa shape index (κ3) is 7.00. The number of amides is 1. The van der Waals surface area contributed by atoms with Crippen molar-refractivity contribution in [3.05, 3.63) is 71.5 Å². The van der Waals surface area contributed by atoms with Crippen LogP contribution in [-0.4, -0.2) is 58.3 Å². The summed E-state index contributed by atoms with van der Waals surface area (Å²) in [5.74, 6) is -0.529. The minimum atomic E-state index is -3.67. The SMILES string of the molecule is Cc1cc(C#N)nc(N(C)CCS(=O)(=O)c2ccc(NC(=O)c3ccccc3NS(C)(=O)=O)cc2)n1. The van der Waals surface area contributed by atoms with Crippen LogP contribution in [0.25, 0.3) is 0 Å². The first-order chi connectivity index (χ1) is 16.9.